The van der Waals surface area contributed by atoms with Gasteiger partial charge in [0, 0.05) is 25.2 Å². The largest absolute Gasteiger partial charge is 0.313 e. The summed E-state index contributed by atoms with van der Waals surface area (Å²) in [7, 11) is 0. The molecule has 0 aromatic rings. The summed E-state index contributed by atoms with van der Waals surface area (Å²) >= 11 is 0. The van der Waals surface area contributed by atoms with Gasteiger partial charge in [-0.2, -0.15) is 0 Å². The second-order valence-corrected chi connectivity index (χ2v) is 7.86. The lowest BCUT2D eigenvalue weighted by Crippen LogP contribution is -2.50. The number of rotatable bonds is 7. The predicted molar refractivity (Wildman–Crippen MR) is 91.7 cm³/mol. The van der Waals surface area contributed by atoms with Gasteiger partial charge in [-0.1, -0.05) is 27.7 Å². The molecule has 2 heterocycles. The second-order valence-electron chi connectivity index (χ2n) is 7.86. The lowest BCUT2D eigenvalue weighted by molar-refractivity contribution is 0.0902. The zero-order chi connectivity index (χ0) is 15.2. The molecule has 1 N–H and O–H groups in total. The van der Waals surface area contributed by atoms with Crippen LogP contribution in [0.2, 0.25) is 0 Å². The zero-order valence-electron chi connectivity index (χ0n) is 14.8. The SMILES string of the molecule is CC(C)NCC(C(C)C)N1CCC(CN2CCCC2)CC1. The molecule has 2 fully saturated rings. The van der Waals surface area contributed by atoms with Crippen molar-refractivity contribution in [2.24, 2.45) is 11.8 Å². The van der Waals surface area contributed by atoms with Crippen LogP contribution < -0.4 is 5.32 Å². The van der Waals surface area contributed by atoms with Gasteiger partial charge in [0.15, 0.2) is 0 Å². The molecule has 1 unspecified atom stereocenters. The molecule has 21 heavy (non-hydrogen) atoms. The van der Waals surface area contributed by atoms with Gasteiger partial charge in [-0.25, -0.2) is 0 Å². The summed E-state index contributed by atoms with van der Waals surface area (Å²) in [6.07, 6.45) is 5.66. The summed E-state index contributed by atoms with van der Waals surface area (Å²) < 4.78 is 0. The van der Waals surface area contributed by atoms with E-state index in [1.54, 1.807) is 0 Å². The quantitative estimate of drug-likeness (QED) is 0.779. The van der Waals surface area contributed by atoms with Crippen molar-refractivity contribution in [3.05, 3.63) is 0 Å². The summed E-state index contributed by atoms with van der Waals surface area (Å²) in [5, 5.41) is 3.64. The maximum Gasteiger partial charge on any atom is 0.0243 e. The molecule has 0 aromatic heterocycles. The van der Waals surface area contributed by atoms with Gasteiger partial charge in [0.1, 0.15) is 0 Å². The molecular weight excluding hydrogens is 258 g/mol. The molecule has 0 aromatic carbocycles. The maximum atomic E-state index is 3.64. The molecule has 2 aliphatic heterocycles. The van der Waals surface area contributed by atoms with Crippen molar-refractivity contribution in [3.63, 3.8) is 0 Å². The Labute approximate surface area is 132 Å². The van der Waals surface area contributed by atoms with Crippen LogP contribution in [0, 0.1) is 11.8 Å². The third-order valence-electron chi connectivity index (χ3n) is 5.34. The first-order valence-electron chi connectivity index (χ1n) is 9.26. The Morgan fingerprint density at radius 2 is 1.57 bits per heavy atom. The number of nitrogens with zero attached hydrogens (tertiary/aromatic N) is 2. The van der Waals surface area contributed by atoms with E-state index in [-0.39, 0.29) is 0 Å². The first-order valence-corrected chi connectivity index (χ1v) is 9.26. The predicted octanol–water partition coefficient (Wildman–Crippen LogP) is 2.82. The van der Waals surface area contributed by atoms with Crippen LogP contribution in [-0.4, -0.2) is 61.2 Å². The van der Waals surface area contributed by atoms with Crippen molar-refractivity contribution >= 4 is 0 Å². The van der Waals surface area contributed by atoms with Crippen LogP contribution in [-0.2, 0) is 0 Å². The van der Waals surface area contributed by atoms with Crippen molar-refractivity contribution < 1.29 is 0 Å². The van der Waals surface area contributed by atoms with Gasteiger partial charge in [-0.15, -0.1) is 0 Å². The van der Waals surface area contributed by atoms with E-state index in [1.165, 1.54) is 58.4 Å². The molecule has 3 heteroatoms. The van der Waals surface area contributed by atoms with E-state index in [0.717, 1.165) is 18.4 Å². The molecule has 0 bridgehead atoms. The maximum absolute atomic E-state index is 3.64. The number of hydrogen-bond donors (Lipinski definition) is 1. The van der Waals surface area contributed by atoms with E-state index < -0.39 is 0 Å². The third kappa shape index (κ3) is 5.54. The van der Waals surface area contributed by atoms with Crippen molar-refractivity contribution in [1.82, 2.24) is 15.1 Å². The molecular formula is C18H37N3. The highest BCUT2D eigenvalue weighted by Crippen LogP contribution is 2.23. The van der Waals surface area contributed by atoms with Gasteiger partial charge >= 0.3 is 0 Å². The molecule has 2 aliphatic rings. The summed E-state index contributed by atoms with van der Waals surface area (Å²) in [5.74, 6) is 1.69. The molecule has 0 spiro atoms. The van der Waals surface area contributed by atoms with Crippen molar-refractivity contribution in [3.8, 4) is 0 Å². The van der Waals surface area contributed by atoms with Crippen LogP contribution in [0.4, 0.5) is 0 Å². The molecule has 2 saturated heterocycles. The van der Waals surface area contributed by atoms with Crippen LogP contribution >= 0.6 is 0 Å². The molecule has 124 valence electrons. The van der Waals surface area contributed by atoms with Gasteiger partial charge in [0.05, 0.1) is 0 Å². The molecule has 3 nitrogen and oxygen atoms in total. The first kappa shape index (κ1) is 17.2. The van der Waals surface area contributed by atoms with Crippen molar-refractivity contribution in [1.29, 1.82) is 0 Å². The Morgan fingerprint density at radius 1 is 0.952 bits per heavy atom. The van der Waals surface area contributed by atoms with Crippen LogP contribution in [0.15, 0.2) is 0 Å². The van der Waals surface area contributed by atoms with Gasteiger partial charge in [-0.05, 0) is 63.7 Å². The van der Waals surface area contributed by atoms with E-state index in [4.69, 9.17) is 0 Å². The van der Waals surface area contributed by atoms with Crippen LogP contribution in [0.5, 0.6) is 0 Å². The Kier molecular flexibility index (Phi) is 6.97. The molecule has 0 saturated carbocycles. The highest BCUT2D eigenvalue weighted by Gasteiger charge is 2.28. The number of hydrogen-bond acceptors (Lipinski definition) is 3. The highest BCUT2D eigenvalue weighted by atomic mass is 15.2. The van der Waals surface area contributed by atoms with E-state index in [0.29, 0.717) is 12.1 Å². The van der Waals surface area contributed by atoms with E-state index in [2.05, 4.69) is 42.8 Å². The Balaban J connectivity index is 1.74. The smallest absolute Gasteiger partial charge is 0.0243 e. The Hall–Kier alpha value is -0.120. The van der Waals surface area contributed by atoms with E-state index >= 15 is 0 Å². The normalized spacial score (nSPS) is 24.3. The van der Waals surface area contributed by atoms with Crippen LogP contribution in [0.1, 0.15) is 53.4 Å². The number of piperidine rings is 1. The van der Waals surface area contributed by atoms with Crippen LogP contribution in [0.25, 0.3) is 0 Å². The molecule has 2 rings (SSSR count). The van der Waals surface area contributed by atoms with Gasteiger partial charge in [-0.3, -0.25) is 4.90 Å². The standard InChI is InChI=1S/C18H37N3/c1-15(2)18(13-19-16(3)4)21-11-7-17(8-12-21)14-20-9-5-6-10-20/h15-19H,5-14H2,1-4H3. The lowest BCUT2D eigenvalue weighted by Gasteiger charge is -2.40. The fourth-order valence-corrected chi connectivity index (χ4v) is 3.94. The minimum atomic E-state index is 0.596. The average molecular weight is 296 g/mol. The van der Waals surface area contributed by atoms with Crippen molar-refractivity contribution in [2.45, 2.75) is 65.5 Å². The monoisotopic (exact) mass is 295 g/mol. The third-order valence-corrected chi connectivity index (χ3v) is 5.34. The summed E-state index contributed by atoms with van der Waals surface area (Å²) in [6.45, 7) is 17.1. The molecule has 0 aliphatic carbocycles. The van der Waals surface area contributed by atoms with E-state index in [9.17, 15) is 0 Å². The Bertz CT molecular complexity index is 276. The molecule has 0 radical (unpaired) electrons. The fraction of sp³-hybridized carbons (Fsp3) is 1.00. The number of likely N-dealkylation sites (tertiary alicyclic amines) is 2. The average Bonchev–Trinajstić information content (AvgIpc) is 2.93. The van der Waals surface area contributed by atoms with Crippen LogP contribution in [0.3, 0.4) is 0 Å². The lowest BCUT2D eigenvalue weighted by atomic mass is 9.92. The molecule has 0 amide bonds. The highest BCUT2D eigenvalue weighted by molar-refractivity contribution is 4.84. The first-order chi connectivity index (χ1) is 10.1. The topological polar surface area (TPSA) is 18.5 Å². The van der Waals surface area contributed by atoms with Gasteiger partial charge in [0.2, 0.25) is 0 Å². The summed E-state index contributed by atoms with van der Waals surface area (Å²) in [6, 6.07) is 1.30. The van der Waals surface area contributed by atoms with Gasteiger partial charge < -0.3 is 10.2 Å². The minimum Gasteiger partial charge on any atom is -0.313 e. The van der Waals surface area contributed by atoms with Crippen molar-refractivity contribution in [2.75, 3.05) is 39.3 Å². The number of nitrogens with one attached hydrogen (secondary N) is 1. The summed E-state index contributed by atoms with van der Waals surface area (Å²) in [4.78, 5) is 5.45. The van der Waals surface area contributed by atoms with Gasteiger partial charge in [0.25, 0.3) is 0 Å². The molecule has 1 atom stereocenters. The summed E-state index contributed by atoms with van der Waals surface area (Å²) in [5.41, 5.74) is 0. The minimum absolute atomic E-state index is 0.596. The Morgan fingerprint density at radius 3 is 2.10 bits per heavy atom. The second kappa shape index (κ2) is 8.50. The zero-order valence-corrected chi connectivity index (χ0v) is 14.8. The fourth-order valence-electron chi connectivity index (χ4n) is 3.94. The van der Waals surface area contributed by atoms with E-state index in [1.807, 2.05) is 0 Å².